The monoisotopic (exact) mass is 340 g/mol. The highest BCUT2D eigenvalue weighted by Crippen LogP contribution is 2.22. The lowest BCUT2D eigenvalue weighted by Gasteiger charge is -2.24. The minimum absolute atomic E-state index is 0.170. The van der Waals surface area contributed by atoms with Crippen molar-refractivity contribution in [1.29, 1.82) is 0 Å². The van der Waals surface area contributed by atoms with E-state index in [2.05, 4.69) is 10.9 Å². The van der Waals surface area contributed by atoms with E-state index in [1.165, 1.54) is 0 Å². The van der Waals surface area contributed by atoms with E-state index in [1.807, 2.05) is 62.4 Å². The van der Waals surface area contributed by atoms with Crippen molar-refractivity contribution in [2.24, 2.45) is 0 Å². The molecule has 132 valence electrons. The molecule has 5 heteroatoms. The average Bonchev–Trinajstić information content (AvgIpc) is 2.61. The maximum atomic E-state index is 12.4. The van der Waals surface area contributed by atoms with Gasteiger partial charge in [-0.05, 0) is 50.5 Å². The fraction of sp³-hybridized carbons (Fsp3) is 0.300. The molecule has 2 rings (SSSR count). The van der Waals surface area contributed by atoms with Crippen molar-refractivity contribution in [2.75, 3.05) is 6.61 Å². The van der Waals surface area contributed by atoms with E-state index >= 15 is 0 Å². The Morgan fingerprint density at radius 3 is 2.36 bits per heavy atom. The number of carbonyl (C=O) groups excluding carboxylic acids is 2. The number of carbonyl (C=O) groups is 2. The summed E-state index contributed by atoms with van der Waals surface area (Å²) < 4.78 is 5.52. The van der Waals surface area contributed by atoms with Crippen molar-refractivity contribution in [3.05, 3.63) is 65.2 Å². The summed E-state index contributed by atoms with van der Waals surface area (Å²) in [6, 6.07) is 15.2. The normalized spacial score (nSPS) is 10.9. The third-order valence-electron chi connectivity index (χ3n) is 4.08. The van der Waals surface area contributed by atoms with Gasteiger partial charge in [-0.15, -0.1) is 0 Å². The van der Waals surface area contributed by atoms with Gasteiger partial charge in [0.25, 0.3) is 5.91 Å². The smallest absolute Gasteiger partial charge is 0.276 e. The van der Waals surface area contributed by atoms with Gasteiger partial charge in [-0.2, -0.15) is 0 Å². The Morgan fingerprint density at radius 2 is 1.68 bits per heavy atom. The van der Waals surface area contributed by atoms with Crippen LogP contribution in [0.25, 0.3) is 0 Å². The summed E-state index contributed by atoms with van der Waals surface area (Å²) in [5, 5.41) is 0. The first-order valence-electron chi connectivity index (χ1n) is 8.15. The quantitative estimate of drug-likeness (QED) is 0.823. The lowest BCUT2D eigenvalue weighted by molar-refractivity contribution is -0.132. The maximum absolute atomic E-state index is 12.4. The zero-order valence-electron chi connectivity index (χ0n) is 15.1. The van der Waals surface area contributed by atoms with E-state index in [0.717, 1.165) is 16.7 Å². The molecule has 0 fully saturated rings. The number of ether oxygens (including phenoxy) is 1. The topological polar surface area (TPSA) is 67.4 Å². The molecule has 0 heterocycles. The van der Waals surface area contributed by atoms with Crippen LogP contribution in [0.1, 0.15) is 30.5 Å². The van der Waals surface area contributed by atoms with Gasteiger partial charge >= 0.3 is 0 Å². The van der Waals surface area contributed by atoms with Gasteiger partial charge in [-0.3, -0.25) is 20.4 Å². The van der Waals surface area contributed by atoms with Gasteiger partial charge in [-0.1, -0.05) is 42.5 Å². The van der Waals surface area contributed by atoms with Crippen LogP contribution in [0.3, 0.4) is 0 Å². The summed E-state index contributed by atoms with van der Waals surface area (Å²) in [5.41, 5.74) is 6.98. The predicted octanol–water partition coefficient (Wildman–Crippen LogP) is 2.81. The number of hydrazine groups is 1. The standard InChI is InChI=1S/C20H24N2O3/c1-14-10-11-15(2)17(12-14)25-13-18(23)21-22-19(24)20(3,4)16-8-6-5-7-9-16/h5-12H,13H2,1-4H3,(H,21,23)(H,22,24). The van der Waals surface area contributed by atoms with Crippen LogP contribution in [0.5, 0.6) is 5.75 Å². The molecule has 2 N–H and O–H groups in total. The number of hydrogen-bond acceptors (Lipinski definition) is 3. The molecule has 2 amide bonds. The van der Waals surface area contributed by atoms with E-state index in [4.69, 9.17) is 4.74 Å². The molecular weight excluding hydrogens is 316 g/mol. The molecule has 0 atom stereocenters. The van der Waals surface area contributed by atoms with Crippen molar-refractivity contribution in [3.8, 4) is 5.75 Å². The Hall–Kier alpha value is -2.82. The van der Waals surface area contributed by atoms with Gasteiger partial charge in [0.1, 0.15) is 5.75 Å². The summed E-state index contributed by atoms with van der Waals surface area (Å²) in [7, 11) is 0. The second-order valence-corrected chi connectivity index (χ2v) is 6.55. The van der Waals surface area contributed by atoms with Gasteiger partial charge in [0, 0.05) is 0 Å². The van der Waals surface area contributed by atoms with Crippen LogP contribution in [0.4, 0.5) is 0 Å². The zero-order chi connectivity index (χ0) is 18.4. The summed E-state index contributed by atoms with van der Waals surface area (Å²) in [5.74, 6) is -0.0528. The Labute approximate surface area is 148 Å². The van der Waals surface area contributed by atoms with Crippen LogP contribution in [-0.2, 0) is 15.0 Å². The Balaban J connectivity index is 1.87. The molecule has 2 aromatic rings. The fourth-order valence-corrected chi connectivity index (χ4v) is 2.31. The van der Waals surface area contributed by atoms with Crippen LogP contribution in [0, 0.1) is 13.8 Å². The Bertz CT molecular complexity index is 755. The highest BCUT2D eigenvalue weighted by Gasteiger charge is 2.29. The molecule has 2 aromatic carbocycles. The van der Waals surface area contributed by atoms with Gasteiger partial charge in [0.15, 0.2) is 6.61 Å². The summed E-state index contributed by atoms with van der Waals surface area (Å²) in [4.78, 5) is 24.3. The largest absolute Gasteiger partial charge is 0.483 e. The molecule has 5 nitrogen and oxygen atoms in total. The van der Waals surface area contributed by atoms with Crippen LogP contribution >= 0.6 is 0 Å². The van der Waals surface area contributed by atoms with Gasteiger partial charge in [-0.25, -0.2) is 0 Å². The average molecular weight is 340 g/mol. The first-order valence-corrected chi connectivity index (χ1v) is 8.15. The highest BCUT2D eigenvalue weighted by atomic mass is 16.5. The van der Waals surface area contributed by atoms with Crippen LogP contribution in [0.2, 0.25) is 0 Å². The molecule has 0 aliphatic rings. The van der Waals surface area contributed by atoms with Crippen molar-refractivity contribution < 1.29 is 14.3 Å². The summed E-state index contributed by atoms with van der Waals surface area (Å²) in [6.07, 6.45) is 0. The first kappa shape index (κ1) is 18.5. The predicted molar refractivity (Wildman–Crippen MR) is 97.2 cm³/mol. The Kier molecular flexibility index (Phi) is 5.80. The maximum Gasteiger partial charge on any atom is 0.276 e. The number of hydrogen-bond donors (Lipinski definition) is 2. The molecule has 25 heavy (non-hydrogen) atoms. The molecular formula is C20H24N2O3. The minimum atomic E-state index is -0.761. The van der Waals surface area contributed by atoms with Crippen molar-refractivity contribution >= 4 is 11.8 Å². The van der Waals surface area contributed by atoms with Gasteiger partial charge in [0.2, 0.25) is 5.91 Å². The number of rotatable bonds is 5. The third-order valence-corrected chi connectivity index (χ3v) is 4.08. The lowest BCUT2D eigenvalue weighted by Crippen LogP contribution is -2.50. The Morgan fingerprint density at radius 1 is 1.00 bits per heavy atom. The molecule has 0 bridgehead atoms. The molecule has 0 aliphatic heterocycles. The number of nitrogens with one attached hydrogen (secondary N) is 2. The van der Waals surface area contributed by atoms with E-state index in [1.54, 1.807) is 13.8 Å². The number of aryl methyl sites for hydroxylation is 2. The molecule has 0 aromatic heterocycles. The SMILES string of the molecule is Cc1ccc(C)c(OCC(=O)NNC(=O)C(C)(C)c2ccccc2)c1. The van der Waals surface area contributed by atoms with Crippen LogP contribution in [-0.4, -0.2) is 18.4 Å². The van der Waals surface area contributed by atoms with E-state index in [-0.39, 0.29) is 12.5 Å². The zero-order valence-corrected chi connectivity index (χ0v) is 15.1. The first-order chi connectivity index (χ1) is 11.8. The molecule has 0 saturated carbocycles. The molecule has 0 aliphatic carbocycles. The minimum Gasteiger partial charge on any atom is -0.483 e. The van der Waals surface area contributed by atoms with E-state index < -0.39 is 11.3 Å². The number of benzene rings is 2. The molecule has 0 saturated heterocycles. The van der Waals surface area contributed by atoms with E-state index in [9.17, 15) is 9.59 Å². The third kappa shape index (κ3) is 4.83. The van der Waals surface area contributed by atoms with Crippen LogP contribution in [0.15, 0.2) is 48.5 Å². The second-order valence-electron chi connectivity index (χ2n) is 6.55. The molecule has 0 radical (unpaired) electrons. The van der Waals surface area contributed by atoms with Gasteiger partial charge < -0.3 is 4.74 Å². The molecule has 0 spiro atoms. The van der Waals surface area contributed by atoms with Crippen LogP contribution < -0.4 is 15.6 Å². The van der Waals surface area contributed by atoms with Crippen molar-refractivity contribution in [2.45, 2.75) is 33.1 Å². The van der Waals surface area contributed by atoms with E-state index in [0.29, 0.717) is 5.75 Å². The lowest BCUT2D eigenvalue weighted by atomic mass is 9.84. The fourth-order valence-electron chi connectivity index (χ4n) is 2.31. The summed E-state index contributed by atoms with van der Waals surface area (Å²) >= 11 is 0. The van der Waals surface area contributed by atoms with Crippen molar-refractivity contribution in [1.82, 2.24) is 10.9 Å². The van der Waals surface area contributed by atoms with Crippen molar-refractivity contribution in [3.63, 3.8) is 0 Å². The molecule has 0 unspecified atom stereocenters. The second kappa shape index (κ2) is 7.83. The summed E-state index contributed by atoms with van der Waals surface area (Å²) in [6.45, 7) is 7.30. The van der Waals surface area contributed by atoms with Gasteiger partial charge in [0.05, 0.1) is 5.41 Å². The highest BCUT2D eigenvalue weighted by molar-refractivity contribution is 5.89. The number of amides is 2.